The number of hydrogen-bond acceptors (Lipinski definition) is 3. The molecule has 1 aromatic rings. The topological polar surface area (TPSA) is 57.5 Å². The third-order valence-corrected chi connectivity index (χ3v) is 1.91. The highest BCUT2D eigenvalue weighted by molar-refractivity contribution is 5.84. The van der Waals surface area contributed by atoms with Gasteiger partial charge in [-0.3, -0.25) is 4.79 Å². The molecule has 0 saturated heterocycles. The van der Waals surface area contributed by atoms with Gasteiger partial charge in [-0.05, 0) is 18.1 Å². The highest BCUT2D eigenvalue weighted by Gasteiger charge is 2.10. The summed E-state index contributed by atoms with van der Waals surface area (Å²) in [6.07, 6.45) is 2.05. The first kappa shape index (κ1) is 9.58. The average molecular weight is 180 g/mol. The van der Waals surface area contributed by atoms with Crippen LogP contribution in [0, 0.1) is 0 Å². The molecule has 1 aromatic carbocycles. The molecule has 0 saturated carbocycles. The number of benzene rings is 1. The van der Waals surface area contributed by atoms with Gasteiger partial charge in [0.1, 0.15) is 11.5 Å². The Morgan fingerprint density at radius 1 is 1.38 bits per heavy atom. The molecule has 0 aliphatic heterocycles. The largest absolute Gasteiger partial charge is 0.507 e. The quantitative estimate of drug-likeness (QED) is 0.698. The van der Waals surface area contributed by atoms with Crippen molar-refractivity contribution in [1.29, 1.82) is 0 Å². The Hall–Kier alpha value is -1.51. The van der Waals surface area contributed by atoms with Crippen LogP contribution in [0.4, 0.5) is 0 Å². The van der Waals surface area contributed by atoms with Gasteiger partial charge in [-0.15, -0.1) is 0 Å². The van der Waals surface area contributed by atoms with Crippen molar-refractivity contribution >= 4 is 6.29 Å². The Morgan fingerprint density at radius 2 is 2.08 bits per heavy atom. The van der Waals surface area contributed by atoms with Crippen molar-refractivity contribution in [3.63, 3.8) is 0 Å². The van der Waals surface area contributed by atoms with Gasteiger partial charge in [0.25, 0.3) is 0 Å². The fourth-order valence-corrected chi connectivity index (χ4v) is 1.23. The maximum absolute atomic E-state index is 10.5. The van der Waals surface area contributed by atoms with E-state index in [1.165, 1.54) is 6.07 Å². The maximum Gasteiger partial charge on any atom is 0.157 e. The van der Waals surface area contributed by atoms with E-state index in [1.54, 1.807) is 6.07 Å². The van der Waals surface area contributed by atoms with Crippen LogP contribution in [-0.4, -0.2) is 16.5 Å². The van der Waals surface area contributed by atoms with Crippen LogP contribution in [0.25, 0.3) is 0 Å². The highest BCUT2D eigenvalue weighted by Crippen LogP contribution is 2.29. The minimum Gasteiger partial charge on any atom is -0.507 e. The second-order valence-electron chi connectivity index (χ2n) is 2.87. The zero-order valence-electron chi connectivity index (χ0n) is 7.45. The number of rotatable bonds is 3. The fourth-order valence-electron chi connectivity index (χ4n) is 1.23. The first-order valence-electron chi connectivity index (χ1n) is 4.19. The van der Waals surface area contributed by atoms with Crippen LogP contribution in [0.15, 0.2) is 12.1 Å². The number of aryl methyl sites for hydroxylation is 1. The van der Waals surface area contributed by atoms with E-state index in [1.807, 2.05) is 6.92 Å². The van der Waals surface area contributed by atoms with Crippen molar-refractivity contribution in [2.24, 2.45) is 0 Å². The molecule has 3 heteroatoms. The summed E-state index contributed by atoms with van der Waals surface area (Å²) in [5, 5.41) is 18.7. The van der Waals surface area contributed by atoms with Crippen molar-refractivity contribution in [2.75, 3.05) is 0 Å². The first-order valence-corrected chi connectivity index (χ1v) is 4.19. The molecule has 0 amide bonds. The Labute approximate surface area is 76.6 Å². The molecule has 1 rings (SSSR count). The number of hydrogen-bond donors (Lipinski definition) is 2. The van der Waals surface area contributed by atoms with E-state index in [-0.39, 0.29) is 17.1 Å². The van der Waals surface area contributed by atoms with E-state index in [0.29, 0.717) is 18.3 Å². The number of aldehydes is 1. The molecule has 0 atom stereocenters. The van der Waals surface area contributed by atoms with Crippen LogP contribution < -0.4 is 0 Å². The van der Waals surface area contributed by atoms with Crippen LogP contribution in [0.2, 0.25) is 0 Å². The Morgan fingerprint density at radius 3 is 2.62 bits per heavy atom. The first-order chi connectivity index (χ1) is 6.20. The molecule has 70 valence electrons. The summed E-state index contributed by atoms with van der Waals surface area (Å²) in [5.41, 5.74) is 0.674. The molecule has 0 heterocycles. The van der Waals surface area contributed by atoms with Gasteiger partial charge in [-0.1, -0.05) is 19.4 Å². The SMILES string of the molecule is CCCc1ccc(O)c(C=O)c1O. The van der Waals surface area contributed by atoms with E-state index >= 15 is 0 Å². The van der Waals surface area contributed by atoms with Gasteiger partial charge < -0.3 is 10.2 Å². The third kappa shape index (κ3) is 1.80. The molecular weight excluding hydrogens is 168 g/mol. The van der Waals surface area contributed by atoms with Crippen molar-refractivity contribution < 1.29 is 15.0 Å². The molecule has 0 aromatic heterocycles. The second kappa shape index (κ2) is 3.94. The number of carbonyl (C=O) groups is 1. The fraction of sp³-hybridized carbons (Fsp3) is 0.300. The second-order valence-corrected chi connectivity index (χ2v) is 2.87. The molecule has 13 heavy (non-hydrogen) atoms. The van der Waals surface area contributed by atoms with E-state index in [4.69, 9.17) is 0 Å². The van der Waals surface area contributed by atoms with Gasteiger partial charge in [0.15, 0.2) is 6.29 Å². The van der Waals surface area contributed by atoms with Crippen molar-refractivity contribution in [3.8, 4) is 11.5 Å². The normalized spacial score (nSPS) is 9.92. The summed E-state index contributed by atoms with van der Waals surface area (Å²) in [4.78, 5) is 10.5. The molecule has 3 nitrogen and oxygen atoms in total. The van der Waals surface area contributed by atoms with Crippen molar-refractivity contribution in [1.82, 2.24) is 0 Å². The molecule has 0 aliphatic rings. The van der Waals surface area contributed by atoms with E-state index in [2.05, 4.69) is 0 Å². The van der Waals surface area contributed by atoms with E-state index in [0.717, 1.165) is 6.42 Å². The van der Waals surface area contributed by atoms with Crippen LogP contribution in [0.5, 0.6) is 11.5 Å². The smallest absolute Gasteiger partial charge is 0.157 e. The summed E-state index contributed by atoms with van der Waals surface area (Å²) in [5.74, 6) is -0.274. The summed E-state index contributed by atoms with van der Waals surface area (Å²) in [6, 6.07) is 3.05. The lowest BCUT2D eigenvalue weighted by Gasteiger charge is -2.06. The van der Waals surface area contributed by atoms with E-state index < -0.39 is 0 Å². The molecule has 2 N–H and O–H groups in total. The molecular formula is C10H12O3. The van der Waals surface area contributed by atoms with Gasteiger partial charge in [-0.25, -0.2) is 0 Å². The average Bonchev–Trinajstić information content (AvgIpc) is 2.11. The lowest BCUT2D eigenvalue weighted by Crippen LogP contribution is -1.90. The summed E-state index contributed by atoms with van der Waals surface area (Å²) in [7, 11) is 0. The van der Waals surface area contributed by atoms with Gasteiger partial charge in [0.05, 0.1) is 5.56 Å². The van der Waals surface area contributed by atoms with Crippen LogP contribution in [-0.2, 0) is 6.42 Å². The van der Waals surface area contributed by atoms with E-state index in [9.17, 15) is 15.0 Å². The van der Waals surface area contributed by atoms with Crippen LogP contribution in [0.3, 0.4) is 0 Å². The molecule has 0 unspecified atom stereocenters. The Kier molecular flexibility index (Phi) is 2.90. The lowest BCUT2D eigenvalue weighted by atomic mass is 10.0. The molecule has 0 aliphatic carbocycles. The number of aromatic hydroxyl groups is 2. The number of carbonyl (C=O) groups excluding carboxylic acids is 1. The van der Waals surface area contributed by atoms with Gasteiger partial charge >= 0.3 is 0 Å². The van der Waals surface area contributed by atoms with Gasteiger partial charge in [0, 0.05) is 0 Å². The zero-order chi connectivity index (χ0) is 9.84. The zero-order valence-corrected chi connectivity index (χ0v) is 7.45. The lowest BCUT2D eigenvalue weighted by molar-refractivity contribution is 0.111. The van der Waals surface area contributed by atoms with Crippen molar-refractivity contribution in [3.05, 3.63) is 23.3 Å². The minimum absolute atomic E-state index is 0.0223. The summed E-state index contributed by atoms with van der Waals surface area (Å²) in [6.45, 7) is 1.98. The number of phenols is 2. The molecule has 0 fully saturated rings. The maximum atomic E-state index is 10.5. The predicted molar refractivity (Wildman–Crippen MR) is 49.2 cm³/mol. The molecule has 0 spiro atoms. The monoisotopic (exact) mass is 180 g/mol. The van der Waals surface area contributed by atoms with Gasteiger partial charge in [-0.2, -0.15) is 0 Å². The standard InChI is InChI=1S/C10H12O3/c1-2-3-7-4-5-9(12)8(6-11)10(7)13/h4-6,12-13H,2-3H2,1H3. The summed E-state index contributed by atoms with van der Waals surface area (Å²) < 4.78 is 0. The van der Waals surface area contributed by atoms with Gasteiger partial charge in [0.2, 0.25) is 0 Å². The molecule has 0 bridgehead atoms. The van der Waals surface area contributed by atoms with Crippen LogP contribution >= 0.6 is 0 Å². The highest BCUT2D eigenvalue weighted by atomic mass is 16.3. The predicted octanol–water partition coefficient (Wildman–Crippen LogP) is 1.86. The van der Waals surface area contributed by atoms with Crippen molar-refractivity contribution in [2.45, 2.75) is 19.8 Å². The Bertz CT molecular complexity index is 318. The number of phenolic OH excluding ortho intramolecular Hbond substituents is 2. The molecule has 0 radical (unpaired) electrons. The minimum atomic E-state index is -0.174. The third-order valence-electron chi connectivity index (χ3n) is 1.91. The Balaban J connectivity index is 3.19. The summed E-state index contributed by atoms with van der Waals surface area (Å²) >= 11 is 0. The van der Waals surface area contributed by atoms with Crippen LogP contribution in [0.1, 0.15) is 29.3 Å².